The van der Waals surface area contributed by atoms with Crippen molar-refractivity contribution in [3.63, 3.8) is 0 Å². The number of likely N-dealkylation sites (N-methyl/N-ethyl adjacent to an activating group) is 1. The molecule has 2 fully saturated rings. The zero-order chi connectivity index (χ0) is 52.1. The number of hydrogen-bond acceptors (Lipinski definition) is 18. The molecule has 0 aromatic carbocycles. The van der Waals surface area contributed by atoms with Crippen LogP contribution < -0.4 is 11.1 Å². The topological polar surface area (TPSA) is 315 Å². The van der Waals surface area contributed by atoms with E-state index in [0.29, 0.717) is 6.54 Å². The Kier molecular flexibility index (Phi) is 26.5. The first-order valence-corrected chi connectivity index (χ1v) is 24.4. The molecule has 3 aliphatic heterocycles. The fourth-order valence-electron chi connectivity index (χ4n) is 8.63. The lowest BCUT2D eigenvalue weighted by atomic mass is 9.82. The van der Waals surface area contributed by atoms with E-state index in [1.165, 1.54) is 0 Å². The van der Waals surface area contributed by atoms with Crippen molar-refractivity contribution in [1.29, 1.82) is 0 Å². The van der Waals surface area contributed by atoms with Crippen LogP contribution in [0.1, 0.15) is 79.1 Å². The molecule has 3 heterocycles. The van der Waals surface area contributed by atoms with Crippen LogP contribution in [0.3, 0.4) is 0 Å². The van der Waals surface area contributed by atoms with Crippen molar-refractivity contribution in [1.82, 2.24) is 10.2 Å². The Hall–Kier alpha value is -3.48. The summed E-state index contributed by atoms with van der Waals surface area (Å²) >= 11 is 0. The third-order valence-corrected chi connectivity index (χ3v) is 12.8. The lowest BCUT2D eigenvalue weighted by Crippen LogP contribution is -2.62. The highest BCUT2D eigenvalue weighted by Gasteiger charge is 2.50. The van der Waals surface area contributed by atoms with Gasteiger partial charge in [0.1, 0.15) is 12.2 Å². The highest BCUT2D eigenvalue weighted by Crippen LogP contribution is 2.38. The lowest BCUT2D eigenvalue weighted by molar-refractivity contribution is -0.307. The van der Waals surface area contributed by atoms with Gasteiger partial charge in [-0.1, -0.05) is 98.9 Å². The normalized spacial score (nSPS) is 43.1. The third kappa shape index (κ3) is 21.3. The summed E-state index contributed by atoms with van der Waals surface area (Å²) in [6, 6.07) is -1.12. The summed E-state index contributed by atoms with van der Waals surface area (Å²) in [5.41, 5.74) is 6.11. The Morgan fingerprint density at radius 3 is 1.77 bits per heavy atom. The van der Waals surface area contributed by atoms with Gasteiger partial charge in [-0.05, 0) is 53.6 Å². The van der Waals surface area contributed by atoms with Gasteiger partial charge in [-0.15, -0.1) is 0 Å². The van der Waals surface area contributed by atoms with Gasteiger partial charge in [-0.2, -0.15) is 0 Å². The van der Waals surface area contributed by atoms with E-state index in [1.807, 2.05) is 68.5 Å². The fraction of sp³-hybridized carbons (Fsp3) is 0.686. The number of allylic oxidation sites excluding steroid dienone is 12. The SMILES string of the molecule is C[C@@H]1[C@H](O)[C@@H](C)/C=C/C=C/C=C/C=C/C=C/C=C/C=C/[C@H](O[C@@H]2O[C@H](C)[C@@H](O)[C@H](N)[C@@H]2O)CC2O[C@](O)(C[C@@H](O)CC(O)C[C@@H](O)CC(O)C[C@@H](O)CC(=O)O[C@H]1C)C[C@H](O)[C@H]2C(=O)NCCN(C)C. The predicted molar refractivity (Wildman–Crippen MR) is 261 cm³/mol. The van der Waals surface area contributed by atoms with Crippen molar-refractivity contribution in [2.24, 2.45) is 23.5 Å². The van der Waals surface area contributed by atoms with E-state index < -0.39 is 140 Å². The van der Waals surface area contributed by atoms with E-state index in [-0.39, 0.29) is 44.6 Å². The van der Waals surface area contributed by atoms with E-state index >= 15 is 0 Å². The standard InChI is InChI=1S/C51H83N3O16/c1-31-19-17-15-13-11-9-7-8-10-12-14-16-18-20-40(69-50-48(64)45(52)47(63)34(4)68-50)28-42-44(49(65)53-21-22-54(5)6)41(60)30-51(66,70-42)29-39(59)26-37(57)24-35(55)23-36(56)25-38(58)27-43(61)67-33(3)32(2)46(31)62/h7-20,31-42,44-48,50,55-60,62-64,66H,21-30,52H2,1-6H3,(H,53,65)/b8-7+,11-9+,12-10+,15-13+,16-14+,19-17+,20-18+/t31-,32-,33-,34+,35-,36?,37?,38+,39-,40-,41-,42?,44+,45-,46+,47+,48-,50-,51+/m0/s1. The van der Waals surface area contributed by atoms with E-state index in [2.05, 4.69) is 5.32 Å². The van der Waals surface area contributed by atoms with Crippen LogP contribution in [0.25, 0.3) is 0 Å². The highest BCUT2D eigenvalue weighted by molar-refractivity contribution is 5.80. The summed E-state index contributed by atoms with van der Waals surface area (Å²) < 4.78 is 23.7. The molecule has 0 aromatic rings. The number of esters is 1. The quantitative estimate of drug-likeness (QED) is 0.159. The van der Waals surface area contributed by atoms with Crippen LogP contribution in [0.15, 0.2) is 85.1 Å². The molecule has 19 atom stereocenters. The molecule has 19 heteroatoms. The van der Waals surface area contributed by atoms with E-state index in [0.717, 1.165) is 0 Å². The molecule has 3 unspecified atom stereocenters. The molecule has 0 saturated carbocycles. The second-order valence-corrected chi connectivity index (χ2v) is 19.4. The van der Waals surface area contributed by atoms with Crippen LogP contribution >= 0.6 is 0 Å². The van der Waals surface area contributed by atoms with E-state index in [9.17, 15) is 60.7 Å². The van der Waals surface area contributed by atoms with Crippen LogP contribution in [0.5, 0.6) is 0 Å². The molecule has 0 spiro atoms. The maximum atomic E-state index is 13.8. The van der Waals surface area contributed by atoms with E-state index in [1.54, 1.807) is 63.3 Å². The van der Waals surface area contributed by atoms with Crippen LogP contribution in [-0.4, -0.2) is 192 Å². The predicted octanol–water partition coefficient (Wildman–Crippen LogP) is 0.305. The van der Waals surface area contributed by atoms with Gasteiger partial charge in [0.2, 0.25) is 5.91 Å². The van der Waals surface area contributed by atoms with Crippen molar-refractivity contribution in [3.05, 3.63) is 85.1 Å². The number of nitrogens with two attached hydrogens (primary N) is 1. The van der Waals surface area contributed by atoms with Crippen LogP contribution in [0.2, 0.25) is 0 Å². The number of carbonyl (C=O) groups is 2. The number of nitrogens with zero attached hydrogens (tertiary/aromatic N) is 1. The second-order valence-electron chi connectivity index (χ2n) is 19.4. The number of hydrogen-bond donors (Lipinski definition) is 12. The molecule has 3 aliphatic rings. The molecule has 19 nitrogen and oxygen atoms in total. The number of carbonyl (C=O) groups excluding carboxylic acids is 2. The first-order chi connectivity index (χ1) is 33.0. The molecule has 2 bridgehead atoms. The first-order valence-electron chi connectivity index (χ1n) is 24.4. The average molecular weight is 994 g/mol. The summed E-state index contributed by atoms with van der Waals surface area (Å²) in [6.07, 6.45) is 4.96. The van der Waals surface area contributed by atoms with Crippen LogP contribution in [0, 0.1) is 17.8 Å². The number of amides is 1. The largest absolute Gasteiger partial charge is 0.462 e. The summed E-state index contributed by atoms with van der Waals surface area (Å²) in [4.78, 5) is 28.3. The summed E-state index contributed by atoms with van der Waals surface area (Å²) in [5, 5.41) is 112. The Bertz CT molecular complexity index is 1770. The summed E-state index contributed by atoms with van der Waals surface area (Å²) in [6.45, 7) is 7.50. The molecule has 398 valence electrons. The maximum Gasteiger partial charge on any atom is 0.308 e. The highest BCUT2D eigenvalue weighted by atomic mass is 16.7. The molecule has 1 amide bonds. The number of cyclic esters (lactones) is 1. The Morgan fingerprint density at radius 1 is 0.700 bits per heavy atom. The number of aliphatic hydroxyl groups is 10. The minimum absolute atomic E-state index is 0.203. The molecule has 70 heavy (non-hydrogen) atoms. The van der Waals surface area contributed by atoms with Gasteiger partial charge in [0.05, 0.1) is 85.5 Å². The zero-order valence-electron chi connectivity index (χ0n) is 41.5. The second kappa shape index (κ2) is 30.5. The van der Waals surface area contributed by atoms with Gasteiger partial charge >= 0.3 is 5.97 Å². The van der Waals surface area contributed by atoms with Gasteiger partial charge in [-0.3, -0.25) is 9.59 Å². The Morgan fingerprint density at radius 2 is 1.21 bits per heavy atom. The monoisotopic (exact) mass is 994 g/mol. The Labute approximate surface area is 413 Å². The number of aliphatic hydroxyl groups excluding tert-OH is 9. The van der Waals surface area contributed by atoms with Gasteiger partial charge in [0.25, 0.3) is 0 Å². The van der Waals surface area contributed by atoms with Crippen molar-refractivity contribution >= 4 is 11.9 Å². The molecular weight excluding hydrogens is 911 g/mol. The molecular formula is C51H83N3O16. The number of ether oxygens (including phenoxy) is 4. The van der Waals surface area contributed by atoms with Crippen molar-refractivity contribution < 1.29 is 79.6 Å². The molecule has 0 aromatic heterocycles. The van der Waals surface area contributed by atoms with Crippen LogP contribution in [0.4, 0.5) is 0 Å². The van der Waals surface area contributed by atoms with Gasteiger partial charge in [0, 0.05) is 44.2 Å². The first kappa shape index (κ1) is 60.8. The summed E-state index contributed by atoms with van der Waals surface area (Å²) in [5.74, 6) is -5.54. The zero-order valence-corrected chi connectivity index (χ0v) is 41.5. The fourth-order valence-corrected chi connectivity index (χ4v) is 8.63. The number of fused-ring (bicyclic) bond motifs is 2. The van der Waals surface area contributed by atoms with E-state index in [4.69, 9.17) is 24.7 Å². The van der Waals surface area contributed by atoms with Gasteiger partial charge in [-0.25, -0.2) is 0 Å². The van der Waals surface area contributed by atoms with Crippen molar-refractivity contribution in [2.75, 3.05) is 27.2 Å². The van der Waals surface area contributed by atoms with Crippen LogP contribution in [-0.2, 0) is 28.5 Å². The molecule has 3 rings (SSSR count). The maximum absolute atomic E-state index is 13.8. The van der Waals surface area contributed by atoms with Crippen molar-refractivity contribution in [3.8, 4) is 0 Å². The molecule has 0 radical (unpaired) electrons. The van der Waals surface area contributed by atoms with Gasteiger partial charge in [0.15, 0.2) is 12.1 Å². The third-order valence-electron chi connectivity index (χ3n) is 12.8. The number of nitrogens with one attached hydrogen (secondary N) is 1. The smallest absolute Gasteiger partial charge is 0.308 e. The molecule has 13 N–H and O–H groups in total. The number of rotatable bonds is 6. The Balaban J connectivity index is 1.92. The average Bonchev–Trinajstić information content (AvgIpc) is 3.25. The minimum atomic E-state index is -2.24. The molecule has 2 saturated heterocycles. The molecule has 0 aliphatic carbocycles. The minimum Gasteiger partial charge on any atom is -0.462 e. The van der Waals surface area contributed by atoms with Crippen molar-refractivity contribution in [2.45, 2.75) is 177 Å². The van der Waals surface area contributed by atoms with Gasteiger partial charge < -0.3 is 86.0 Å². The lowest BCUT2D eigenvalue weighted by Gasteiger charge is -2.46. The summed E-state index contributed by atoms with van der Waals surface area (Å²) in [7, 11) is 3.65.